The summed E-state index contributed by atoms with van der Waals surface area (Å²) >= 11 is 1.80. The number of ether oxygens (including phenoxy) is 2. The summed E-state index contributed by atoms with van der Waals surface area (Å²) in [6.45, 7) is 7.81. The molecule has 0 amide bonds. The first-order valence-corrected chi connectivity index (χ1v) is 9.52. The molecule has 6 heteroatoms. The number of hydrogen-bond donors (Lipinski definition) is 2. The molecule has 5 nitrogen and oxygen atoms in total. The Hall–Kier alpha value is -2.21. The summed E-state index contributed by atoms with van der Waals surface area (Å²) in [5, 5.41) is 6.68. The highest BCUT2D eigenvalue weighted by atomic mass is 32.1. The minimum atomic E-state index is 0.593. The first-order valence-electron chi connectivity index (χ1n) is 8.70. The molecule has 1 aliphatic rings. The smallest absolute Gasteiger partial charge is 0.191 e. The van der Waals surface area contributed by atoms with Crippen molar-refractivity contribution in [2.45, 2.75) is 33.4 Å². The molecule has 0 radical (unpaired) electrons. The van der Waals surface area contributed by atoms with Crippen molar-refractivity contribution in [1.82, 2.24) is 10.6 Å². The Kier molecular flexibility index (Phi) is 6.17. The van der Waals surface area contributed by atoms with E-state index in [2.05, 4.69) is 41.6 Å². The maximum absolute atomic E-state index is 5.75. The summed E-state index contributed by atoms with van der Waals surface area (Å²) in [4.78, 5) is 7.31. The summed E-state index contributed by atoms with van der Waals surface area (Å²) in [5.74, 6) is 2.46. The second-order valence-corrected chi connectivity index (χ2v) is 7.27. The monoisotopic (exact) mass is 359 g/mol. The standard InChI is InChI=1S/C19H25N3O2S/c1-3-20-19(22-13-16-7-5-14(2)25-16)21-12-15-6-8-17-18(11-15)24-10-4-9-23-17/h5-8,11H,3-4,9-10,12-13H2,1-2H3,(H2,20,21,22). The van der Waals surface area contributed by atoms with Crippen LogP contribution < -0.4 is 20.1 Å². The highest BCUT2D eigenvalue weighted by molar-refractivity contribution is 7.11. The van der Waals surface area contributed by atoms with Gasteiger partial charge in [0.25, 0.3) is 0 Å². The van der Waals surface area contributed by atoms with Crippen molar-refractivity contribution >= 4 is 17.3 Å². The van der Waals surface area contributed by atoms with Crippen LogP contribution in [-0.2, 0) is 13.1 Å². The third kappa shape index (κ3) is 5.13. The zero-order valence-corrected chi connectivity index (χ0v) is 15.6. The molecule has 0 aliphatic carbocycles. The van der Waals surface area contributed by atoms with Crippen LogP contribution in [0.15, 0.2) is 35.3 Å². The zero-order chi connectivity index (χ0) is 17.5. The number of nitrogens with one attached hydrogen (secondary N) is 2. The average Bonchev–Trinajstić information content (AvgIpc) is 2.89. The Morgan fingerprint density at radius 1 is 1.12 bits per heavy atom. The lowest BCUT2D eigenvalue weighted by Gasteiger charge is -2.11. The van der Waals surface area contributed by atoms with Gasteiger partial charge in [-0.15, -0.1) is 11.3 Å². The molecule has 0 bridgehead atoms. The van der Waals surface area contributed by atoms with Gasteiger partial charge in [-0.2, -0.15) is 0 Å². The van der Waals surface area contributed by atoms with E-state index < -0.39 is 0 Å². The molecule has 0 atom stereocenters. The van der Waals surface area contributed by atoms with Crippen molar-refractivity contribution in [3.8, 4) is 11.5 Å². The first kappa shape index (κ1) is 17.6. The predicted octanol–water partition coefficient (Wildman–Crippen LogP) is 3.47. The van der Waals surface area contributed by atoms with Crippen molar-refractivity contribution in [3.05, 3.63) is 45.6 Å². The van der Waals surface area contributed by atoms with E-state index in [9.17, 15) is 0 Å². The predicted molar refractivity (Wildman–Crippen MR) is 103 cm³/mol. The van der Waals surface area contributed by atoms with Gasteiger partial charge in [0.1, 0.15) is 0 Å². The molecule has 25 heavy (non-hydrogen) atoms. The van der Waals surface area contributed by atoms with Gasteiger partial charge in [-0.05, 0) is 43.7 Å². The maximum Gasteiger partial charge on any atom is 0.191 e. The molecule has 2 aromatic rings. The number of aliphatic imine (C=N–C) groups is 1. The van der Waals surface area contributed by atoms with Gasteiger partial charge in [-0.3, -0.25) is 0 Å². The lowest BCUT2D eigenvalue weighted by atomic mass is 10.2. The van der Waals surface area contributed by atoms with Crippen LogP contribution in [0.3, 0.4) is 0 Å². The van der Waals surface area contributed by atoms with E-state index in [1.165, 1.54) is 9.75 Å². The van der Waals surface area contributed by atoms with Crippen LogP contribution in [0.5, 0.6) is 11.5 Å². The van der Waals surface area contributed by atoms with Gasteiger partial charge < -0.3 is 20.1 Å². The molecule has 134 valence electrons. The summed E-state index contributed by atoms with van der Waals surface area (Å²) in [6.07, 6.45) is 0.916. The van der Waals surface area contributed by atoms with Crippen LogP contribution in [-0.4, -0.2) is 25.7 Å². The molecular weight excluding hydrogens is 334 g/mol. The number of thiophene rings is 1. The summed E-state index contributed by atoms with van der Waals surface area (Å²) in [6, 6.07) is 10.3. The van der Waals surface area contributed by atoms with Crippen LogP contribution in [0.25, 0.3) is 0 Å². The van der Waals surface area contributed by atoms with Crippen LogP contribution in [0.1, 0.15) is 28.7 Å². The van der Waals surface area contributed by atoms with Crippen molar-refractivity contribution in [2.75, 3.05) is 19.8 Å². The highest BCUT2D eigenvalue weighted by Gasteiger charge is 2.10. The molecule has 1 aromatic carbocycles. The molecule has 1 aliphatic heterocycles. The fourth-order valence-electron chi connectivity index (χ4n) is 2.57. The quantitative estimate of drug-likeness (QED) is 0.634. The van der Waals surface area contributed by atoms with Gasteiger partial charge in [0.05, 0.1) is 26.3 Å². The van der Waals surface area contributed by atoms with Crippen LogP contribution >= 0.6 is 11.3 Å². The Balaban J connectivity index is 1.63. The topological polar surface area (TPSA) is 54.9 Å². The Bertz CT molecular complexity index is 727. The number of benzene rings is 1. The van der Waals surface area contributed by atoms with Crippen LogP contribution in [0, 0.1) is 6.92 Å². The van der Waals surface area contributed by atoms with E-state index in [1.54, 1.807) is 11.3 Å². The second-order valence-electron chi connectivity index (χ2n) is 5.89. The molecule has 0 unspecified atom stereocenters. The normalized spacial score (nSPS) is 14.1. The van der Waals surface area contributed by atoms with Crippen LogP contribution in [0.2, 0.25) is 0 Å². The molecule has 2 N–H and O–H groups in total. The number of aryl methyl sites for hydroxylation is 1. The van der Waals surface area contributed by atoms with Crippen LogP contribution in [0.4, 0.5) is 0 Å². The molecule has 0 saturated carbocycles. The number of guanidine groups is 1. The highest BCUT2D eigenvalue weighted by Crippen LogP contribution is 2.30. The molecule has 2 heterocycles. The van der Waals surface area contributed by atoms with E-state index in [0.29, 0.717) is 19.8 Å². The van der Waals surface area contributed by atoms with Gasteiger partial charge >= 0.3 is 0 Å². The molecule has 1 aromatic heterocycles. The number of hydrogen-bond acceptors (Lipinski definition) is 4. The third-order valence-electron chi connectivity index (χ3n) is 3.80. The third-order valence-corrected chi connectivity index (χ3v) is 4.80. The molecule has 0 spiro atoms. The number of fused-ring (bicyclic) bond motifs is 1. The van der Waals surface area contributed by atoms with Crippen molar-refractivity contribution in [1.29, 1.82) is 0 Å². The Morgan fingerprint density at radius 3 is 2.72 bits per heavy atom. The van der Waals surface area contributed by atoms with E-state index >= 15 is 0 Å². The molecule has 3 rings (SSSR count). The number of nitrogens with zero attached hydrogens (tertiary/aromatic N) is 1. The summed E-state index contributed by atoms with van der Waals surface area (Å²) in [7, 11) is 0. The minimum absolute atomic E-state index is 0.593. The first-order chi connectivity index (χ1) is 12.2. The van der Waals surface area contributed by atoms with E-state index in [-0.39, 0.29) is 0 Å². The van der Waals surface area contributed by atoms with Gasteiger partial charge in [-0.1, -0.05) is 6.07 Å². The SMILES string of the molecule is CCNC(=NCc1ccc2c(c1)OCCCO2)NCc1ccc(C)s1. The van der Waals surface area contributed by atoms with Crippen molar-refractivity contribution < 1.29 is 9.47 Å². The maximum atomic E-state index is 5.75. The summed E-state index contributed by atoms with van der Waals surface area (Å²) in [5.41, 5.74) is 1.11. The Labute approximate surface area is 153 Å². The van der Waals surface area contributed by atoms with Gasteiger partial charge in [-0.25, -0.2) is 4.99 Å². The van der Waals surface area contributed by atoms with E-state index in [4.69, 9.17) is 9.47 Å². The lowest BCUT2D eigenvalue weighted by molar-refractivity contribution is 0.297. The fourth-order valence-corrected chi connectivity index (χ4v) is 3.40. The van der Waals surface area contributed by atoms with Gasteiger partial charge in [0, 0.05) is 22.7 Å². The van der Waals surface area contributed by atoms with Gasteiger partial charge in [0.2, 0.25) is 0 Å². The second kappa shape index (κ2) is 8.76. The van der Waals surface area contributed by atoms with Gasteiger partial charge in [0.15, 0.2) is 17.5 Å². The lowest BCUT2D eigenvalue weighted by Crippen LogP contribution is -2.36. The Morgan fingerprint density at radius 2 is 1.96 bits per heavy atom. The van der Waals surface area contributed by atoms with E-state index in [1.807, 2.05) is 18.2 Å². The minimum Gasteiger partial charge on any atom is -0.490 e. The fraction of sp³-hybridized carbons (Fsp3) is 0.421. The van der Waals surface area contributed by atoms with E-state index in [0.717, 1.165) is 42.5 Å². The van der Waals surface area contributed by atoms with Crippen molar-refractivity contribution in [3.63, 3.8) is 0 Å². The average molecular weight is 359 g/mol. The molecule has 0 saturated heterocycles. The molecular formula is C19H25N3O2S. The van der Waals surface area contributed by atoms with Crippen molar-refractivity contribution in [2.24, 2.45) is 4.99 Å². The largest absolute Gasteiger partial charge is 0.490 e. The summed E-state index contributed by atoms with van der Waals surface area (Å²) < 4.78 is 11.4. The number of rotatable bonds is 5. The zero-order valence-electron chi connectivity index (χ0n) is 14.8. The molecule has 0 fully saturated rings.